The van der Waals surface area contributed by atoms with Crippen LogP contribution in [-0.4, -0.2) is 19.7 Å². The third-order valence-corrected chi connectivity index (χ3v) is 1.78. The van der Waals surface area contributed by atoms with Crippen molar-refractivity contribution in [2.45, 2.75) is 20.3 Å². The van der Waals surface area contributed by atoms with Gasteiger partial charge in [0.25, 0.3) is 0 Å². The molecule has 0 N–H and O–H groups in total. The van der Waals surface area contributed by atoms with Gasteiger partial charge < -0.3 is 9.47 Å². The quantitative estimate of drug-likeness (QED) is 0.292. The topological polar surface area (TPSA) is 35.5 Å². The fraction of sp³-hybridized carbons (Fsp3) is 0.417. The molecule has 0 spiro atoms. The van der Waals surface area contributed by atoms with Crippen LogP contribution in [0.5, 0.6) is 0 Å². The highest BCUT2D eigenvalue weighted by Gasteiger charge is 2.05. The molecule has 0 saturated heterocycles. The Kier molecular flexibility index (Phi) is 7.06. The van der Waals surface area contributed by atoms with E-state index < -0.39 is 5.97 Å². The smallest absolute Gasteiger partial charge is 0.343 e. The van der Waals surface area contributed by atoms with Crippen molar-refractivity contribution < 1.29 is 14.3 Å². The molecular formula is C12H18O3. The van der Waals surface area contributed by atoms with Gasteiger partial charge in [-0.05, 0) is 31.9 Å². The van der Waals surface area contributed by atoms with Crippen molar-refractivity contribution in [3.05, 3.63) is 36.1 Å². The lowest BCUT2D eigenvalue weighted by atomic mass is 10.1. The van der Waals surface area contributed by atoms with Crippen LogP contribution in [-0.2, 0) is 14.3 Å². The summed E-state index contributed by atoms with van der Waals surface area (Å²) >= 11 is 0. The third kappa shape index (κ3) is 5.73. The molecule has 0 saturated carbocycles. The van der Waals surface area contributed by atoms with Gasteiger partial charge in [0, 0.05) is 0 Å². The van der Waals surface area contributed by atoms with Gasteiger partial charge in [0.2, 0.25) is 0 Å². The van der Waals surface area contributed by atoms with Crippen LogP contribution in [0.25, 0.3) is 0 Å². The molecule has 15 heavy (non-hydrogen) atoms. The monoisotopic (exact) mass is 210 g/mol. The van der Waals surface area contributed by atoms with Crippen molar-refractivity contribution in [2.24, 2.45) is 0 Å². The van der Waals surface area contributed by atoms with Crippen molar-refractivity contribution >= 4 is 5.97 Å². The molecule has 0 bridgehead atoms. The van der Waals surface area contributed by atoms with Crippen molar-refractivity contribution in [3.63, 3.8) is 0 Å². The molecule has 84 valence electrons. The summed E-state index contributed by atoms with van der Waals surface area (Å²) in [5, 5.41) is 0. The van der Waals surface area contributed by atoms with E-state index in [1.165, 1.54) is 7.11 Å². The van der Waals surface area contributed by atoms with Crippen molar-refractivity contribution in [2.75, 3.05) is 13.7 Å². The summed E-state index contributed by atoms with van der Waals surface area (Å²) in [5.74, 6) is 0.242. The van der Waals surface area contributed by atoms with Crippen LogP contribution in [0.15, 0.2) is 36.1 Å². The molecule has 0 aromatic heterocycles. The Morgan fingerprint density at radius 2 is 2.07 bits per heavy atom. The van der Waals surface area contributed by atoms with Gasteiger partial charge in [0.05, 0.1) is 7.11 Å². The lowest BCUT2D eigenvalue weighted by molar-refractivity contribution is -0.144. The van der Waals surface area contributed by atoms with Crippen LogP contribution in [0.4, 0.5) is 0 Å². The van der Waals surface area contributed by atoms with Crippen LogP contribution in [0.3, 0.4) is 0 Å². The molecule has 0 aromatic rings. The Hall–Kier alpha value is -1.51. The number of ether oxygens (including phenoxy) is 2. The fourth-order valence-electron chi connectivity index (χ4n) is 0.946. The number of hydrogen-bond acceptors (Lipinski definition) is 3. The van der Waals surface area contributed by atoms with E-state index in [0.717, 1.165) is 12.0 Å². The SMILES string of the molecule is C=C(CC=CC)C(=CC)OCC(=O)OC. The van der Waals surface area contributed by atoms with E-state index >= 15 is 0 Å². The minimum atomic E-state index is -0.395. The number of carbonyl (C=O) groups excluding carboxylic acids is 1. The number of carbonyl (C=O) groups is 1. The second-order valence-corrected chi connectivity index (χ2v) is 2.89. The van der Waals surface area contributed by atoms with Gasteiger partial charge >= 0.3 is 5.97 Å². The van der Waals surface area contributed by atoms with Crippen molar-refractivity contribution in [1.29, 1.82) is 0 Å². The molecule has 3 nitrogen and oxygen atoms in total. The Balaban J connectivity index is 4.14. The van der Waals surface area contributed by atoms with E-state index in [4.69, 9.17) is 4.74 Å². The standard InChI is InChI=1S/C12H18O3/c1-5-7-8-10(3)11(6-2)15-9-12(13)14-4/h5-7H,3,8-9H2,1-2,4H3. The molecule has 0 unspecified atom stereocenters. The van der Waals surface area contributed by atoms with E-state index in [0.29, 0.717) is 5.76 Å². The molecule has 0 fully saturated rings. The number of esters is 1. The van der Waals surface area contributed by atoms with Gasteiger partial charge in [-0.1, -0.05) is 18.7 Å². The maximum absolute atomic E-state index is 10.9. The number of allylic oxidation sites excluding steroid dienone is 4. The van der Waals surface area contributed by atoms with Crippen LogP contribution >= 0.6 is 0 Å². The van der Waals surface area contributed by atoms with Gasteiger partial charge in [-0.2, -0.15) is 0 Å². The first-order valence-corrected chi connectivity index (χ1v) is 4.80. The van der Waals surface area contributed by atoms with E-state index in [2.05, 4.69) is 11.3 Å². The Labute approximate surface area is 91.1 Å². The zero-order valence-corrected chi connectivity index (χ0v) is 9.58. The zero-order valence-electron chi connectivity index (χ0n) is 9.58. The largest absolute Gasteiger partial charge is 0.482 e. The van der Waals surface area contributed by atoms with Gasteiger partial charge in [-0.3, -0.25) is 0 Å². The van der Waals surface area contributed by atoms with Crippen LogP contribution in [0, 0.1) is 0 Å². The molecule has 0 aliphatic heterocycles. The van der Waals surface area contributed by atoms with E-state index in [9.17, 15) is 4.79 Å². The molecule has 0 heterocycles. The van der Waals surface area contributed by atoms with Crippen LogP contribution in [0.1, 0.15) is 20.3 Å². The lowest BCUT2D eigenvalue weighted by Crippen LogP contribution is -2.10. The first-order valence-electron chi connectivity index (χ1n) is 4.80. The Bertz CT molecular complexity index is 275. The first kappa shape index (κ1) is 13.5. The van der Waals surface area contributed by atoms with Crippen LogP contribution in [0.2, 0.25) is 0 Å². The lowest BCUT2D eigenvalue weighted by Gasteiger charge is -2.10. The van der Waals surface area contributed by atoms with Gasteiger partial charge in [0.1, 0.15) is 5.76 Å². The van der Waals surface area contributed by atoms with E-state index in [1.54, 1.807) is 6.08 Å². The summed E-state index contributed by atoms with van der Waals surface area (Å²) in [6, 6.07) is 0. The summed E-state index contributed by atoms with van der Waals surface area (Å²) in [5.41, 5.74) is 0.847. The molecule has 0 radical (unpaired) electrons. The maximum Gasteiger partial charge on any atom is 0.343 e. The molecule has 0 aromatic carbocycles. The second kappa shape index (κ2) is 7.85. The second-order valence-electron chi connectivity index (χ2n) is 2.89. The Morgan fingerprint density at radius 1 is 1.40 bits per heavy atom. The predicted molar refractivity (Wildman–Crippen MR) is 60.3 cm³/mol. The molecule has 0 atom stereocenters. The van der Waals surface area contributed by atoms with Crippen molar-refractivity contribution in [3.8, 4) is 0 Å². The average molecular weight is 210 g/mol. The third-order valence-electron chi connectivity index (χ3n) is 1.78. The van der Waals surface area contributed by atoms with Gasteiger partial charge in [0.15, 0.2) is 6.61 Å². The van der Waals surface area contributed by atoms with Crippen molar-refractivity contribution in [1.82, 2.24) is 0 Å². The summed E-state index contributed by atoms with van der Waals surface area (Å²) in [7, 11) is 1.33. The fourth-order valence-corrected chi connectivity index (χ4v) is 0.946. The van der Waals surface area contributed by atoms with Gasteiger partial charge in [-0.15, -0.1) is 0 Å². The highest BCUT2D eigenvalue weighted by Crippen LogP contribution is 2.13. The average Bonchev–Trinajstić information content (AvgIpc) is 2.26. The van der Waals surface area contributed by atoms with Crippen LogP contribution < -0.4 is 0 Å². The molecule has 0 aliphatic carbocycles. The molecular weight excluding hydrogens is 192 g/mol. The highest BCUT2D eigenvalue weighted by atomic mass is 16.6. The minimum absolute atomic E-state index is 0.0783. The predicted octanol–water partition coefficient (Wildman–Crippen LogP) is 2.60. The maximum atomic E-state index is 10.9. The van der Waals surface area contributed by atoms with Gasteiger partial charge in [-0.25, -0.2) is 4.79 Å². The molecule has 0 rings (SSSR count). The summed E-state index contributed by atoms with van der Waals surface area (Å²) in [4.78, 5) is 10.9. The number of rotatable bonds is 6. The molecule has 0 amide bonds. The Morgan fingerprint density at radius 3 is 2.53 bits per heavy atom. The molecule has 3 heteroatoms. The summed E-state index contributed by atoms with van der Waals surface area (Å²) in [6.07, 6.45) is 6.43. The summed E-state index contributed by atoms with van der Waals surface area (Å²) in [6.45, 7) is 7.58. The highest BCUT2D eigenvalue weighted by molar-refractivity contribution is 5.70. The zero-order chi connectivity index (χ0) is 11.7. The normalized spacial score (nSPS) is 11.5. The van der Waals surface area contributed by atoms with E-state index in [-0.39, 0.29) is 6.61 Å². The van der Waals surface area contributed by atoms with E-state index in [1.807, 2.05) is 26.0 Å². The first-order chi connectivity index (χ1) is 7.15. The summed E-state index contributed by atoms with van der Waals surface area (Å²) < 4.78 is 9.73. The molecule has 0 aliphatic rings. The minimum Gasteiger partial charge on any atom is -0.482 e. The number of methoxy groups -OCH3 is 1. The number of hydrogen-bond donors (Lipinski definition) is 0.